The molecular formula is C28H27O4PS. The summed E-state index contributed by atoms with van der Waals surface area (Å²) in [6.45, 7) is 3.52. The zero-order valence-corrected chi connectivity index (χ0v) is 20.9. The summed E-state index contributed by atoms with van der Waals surface area (Å²) in [4.78, 5) is 12.0. The highest BCUT2D eigenvalue weighted by atomic mass is 32.2. The zero-order chi connectivity index (χ0) is 24.6. The largest absolute Gasteiger partial charge is 0.744 e. The van der Waals surface area contributed by atoms with Crippen LogP contribution in [0.4, 0.5) is 0 Å². The summed E-state index contributed by atoms with van der Waals surface area (Å²) >= 11 is 0. The molecule has 0 amide bonds. The third kappa shape index (κ3) is 6.27. The van der Waals surface area contributed by atoms with Crippen molar-refractivity contribution in [2.45, 2.75) is 18.7 Å². The van der Waals surface area contributed by atoms with E-state index in [0.717, 1.165) is 5.56 Å². The molecule has 0 radical (unpaired) electrons. The first kappa shape index (κ1) is 25.5. The van der Waals surface area contributed by atoms with Gasteiger partial charge in [0.25, 0.3) is 0 Å². The van der Waals surface area contributed by atoms with E-state index in [2.05, 4.69) is 72.8 Å². The lowest BCUT2D eigenvalue weighted by Gasteiger charge is -2.26. The van der Waals surface area contributed by atoms with Crippen LogP contribution in [0.15, 0.2) is 120 Å². The Bertz CT molecular complexity index is 1210. The molecule has 0 atom stereocenters. The molecule has 4 aromatic rings. The van der Waals surface area contributed by atoms with Crippen molar-refractivity contribution in [1.82, 2.24) is 0 Å². The maximum absolute atomic E-state index is 12.2. The Kier molecular flexibility index (Phi) is 8.51. The molecule has 0 N–H and O–H groups in total. The van der Waals surface area contributed by atoms with Gasteiger partial charge in [-0.05, 0) is 62.4 Å². The van der Waals surface area contributed by atoms with Crippen LogP contribution in [-0.2, 0) is 14.9 Å². The number of benzene rings is 4. The molecule has 6 heteroatoms. The van der Waals surface area contributed by atoms with Crippen LogP contribution < -0.4 is 15.9 Å². The molecule has 0 saturated carbocycles. The number of hydrogen-bond acceptors (Lipinski definition) is 4. The van der Waals surface area contributed by atoms with Gasteiger partial charge in [-0.15, -0.1) is 0 Å². The predicted octanol–water partition coefficient (Wildman–Crippen LogP) is 4.47. The molecule has 0 aromatic heterocycles. The fourth-order valence-corrected chi connectivity index (χ4v) is 8.43. The summed E-state index contributed by atoms with van der Waals surface area (Å²) in [6.07, 6.45) is 0.561. The zero-order valence-electron chi connectivity index (χ0n) is 19.2. The topological polar surface area (TPSA) is 74.3 Å². The first-order chi connectivity index (χ1) is 16.2. The van der Waals surface area contributed by atoms with Gasteiger partial charge in [0.05, 0.1) is 4.90 Å². The molecule has 0 fully saturated rings. The summed E-state index contributed by atoms with van der Waals surface area (Å²) in [5.41, 5.74) is 0.928. The SMILES string of the molecule is CC(=O)C[P+](c1ccccc1)(c1ccccc1)c1ccccc1.Cc1ccc(S(=O)(=O)[O-])cc1. The predicted molar refractivity (Wildman–Crippen MR) is 140 cm³/mol. The smallest absolute Gasteiger partial charge is 0.168 e. The van der Waals surface area contributed by atoms with E-state index in [0.29, 0.717) is 6.16 Å². The van der Waals surface area contributed by atoms with Crippen molar-refractivity contribution in [3.8, 4) is 0 Å². The molecule has 0 aliphatic carbocycles. The van der Waals surface area contributed by atoms with Crippen LogP contribution in [0.5, 0.6) is 0 Å². The number of carbonyl (C=O) groups excluding carboxylic acids is 1. The van der Waals surface area contributed by atoms with Crippen LogP contribution in [0.2, 0.25) is 0 Å². The van der Waals surface area contributed by atoms with Crippen LogP contribution in [-0.4, -0.2) is 24.9 Å². The van der Waals surface area contributed by atoms with E-state index in [1.807, 2.05) is 25.1 Å². The van der Waals surface area contributed by atoms with Crippen LogP contribution in [0, 0.1) is 6.92 Å². The van der Waals surface area contributed by atoms with E-state index in [-0.39, 0.29) is 10.7 Å². The molecule has 0 heterocycles. The van der Waals surface area contributed by atoms with E-state index < -0.39 is 17.4 Å². The minimum absolute atomic E-state index is 0.178. The number of ketones is 1. The minimum atomic E-state index is -4.27. The lowest BCUT2D eigenvalue weighted by molar-refractivity contribution is -0.114. The van der Waals surface area contributed by atoms with Crippen LogP contribution in [0.1, 0.15) is 12.5 Å². The molecule has 0 unspecified atom stereocenters. The molecule has 0 bridgehead atoms. The first-order valence-electron chi connectivity index (χ1n) is 10.8. The molecule has 0 aliphatic rings. The second kappa shape index (κ2) is 11.3. The second-order valence-corrected chi connectivity index (χ2v) is 12.8. The Labute approximate surface area is 202 Å². The van der Waals surface area contributed by atoms with Crippen molar-refractivity contribution in [3.63, 3.8) is 0 Å². The Morgan fingerprint density at radius 3 is 1.32 bits per heavy atom. The molecular weight excluding hydrogens is 463 g/mol. The van der Waals surface area contributed by atoms with Crippen LogP contribution in [0.25, 0.3) is 0 Å². The standard InChI is InChI=1S/C21H20OP.C7H8O3S/c1-18(22)17-23(19-11-5-2-6-12-19,20-13-7-3-8-14-20)21-15-9-4-10-16-21;1-6-2-4-7(5-3-6)11(8,9)10/h2-16H,17H2,1H3;2-5H,1H3,(H,8,9,10)/q+1;/p-1. The van der Waals surface area contributed by atoms with Crippen LogP contribution >= 0.6 is 7.26 Å². The van der Waals surface area contributed by atoms with Gasteiger partial charge in [-0.3, -0.25) is 4.79 Å². The van der Waals surface area contributed by atoms with Gasteiger partial charge in [0.1, 0.15) is 39.5 Å². The van der Waals surface area contributed by atoms with Gasteiger partial charge in [-0.2, -0.15) is 0 Å². The van der Waals surface area contributed by atoms with Crippen molar-refractivity contribution < 1.29 is 17.8 Å². The van der Waals surface area contributed by atoms with Gasteiger partial charge in [0, 0.05) is 0 Å². The molecule has 174 valence electrons. The quantitative estimate of drug-likeness (QED) is 0.295. The average Bonchev–Trinajstić information content (AvgIpc) is 2.84. The number of carbonyl (C=O) groups is 1. The van der Waals surface area contributed by atoms with Crippen LogP contribution in [0.3, 0.4) is 0 Å². The normalized spacial score (nSPS) is 11.3. The Morgan fingerprint density at radius 1 is 0.676 bits per heavy atom. The molecule has 0 spiro atoms. The second-order valence-electron chi connectivity index (χ2n) is 7.94. The summed E-state index contributed by atoms with van der Waals surface area (Å²) < 4.78 is 31.2. The van der Waals surface area contributed by atoms with Gasteiger partial charge in [-0.1, -0.05) is 72.3 Å². The Balaban J connectivity index is 0.000000248. The van der Waals surface area contributed by atoms with E-state index in [4.69, 9.17) is 0 Å². The molecule has 4 rings (SSSR count). The molecule has 0 aliphatic heterocycles. The van der Waals surface area contributed by atoms with Gasteiger partial charge in [-0.25, -0.2) is 8.42 Å². The number of Topliss-reactive ketones (excluding diaryl/α,β-unsaturated/α-hetero) is 1. The summed E-state index contributed by atoms with van der Waals surface area (Å²) in [6, 6.07) is 37.2. The van der Waals surface area contributed by atoms with Gasteiger partial charge >= 0.3 is 0 Å². The van der Waals surface area contributed by atoms with Gasteiger partial charge in [0.15, 0.2) is 5.78 Å². The molecule has 4 aromatic carbocycles. The van der Waals surface area contributed by atoms with Crippen molar-refractivity contribution in [2.24, 2.45) is 0 Å². The van der Waals surface area contributed by atoms with Gasteiger partial charge in [0.2, 0.25) is 0 Å². The van der Waals surface area contributed by atoms with Gasteiger partial charge < -0.3 is 4.55 Å². The summed E-state index contributed by atoms with van der Waals surface area (Å²) in [7, 11) is -6.23. The molecule has 0 saturated heterocycles. The first-order valence-corrected chi connectivity index (χ1v) is 14.2. The lowest BCUT2D eigenvalue weighted by Crippen LogP contribution is -2.35. The fourth-order valence-electron chi connectivity index (χ4n) is 3.81. The highest BCUT2D eigenvalue weighted by Crippen LogP contribution is 2.55. The monoisotopic (exact) mass is 490 g/mol. The fraction of sp³-hybridized carbons (Fsp3) is 0.107. The number of hydrogen-bond donors (Lipinski definition) is 0. The van der Waals surface area contributed by atoms with Crippen molar-refractivity contribution in [3.05, 3.63) is 121 Å². The average molecular weight is 491 g/mol. The lowest BCUT2D eigenvalue weighted by atomic mass is 10.2. The highest BCUT2D eigenvalue weighted by molar-refractivity contribution is 7.96. The Hall–Kier alpha value is -3.11. The highest BCUT2D eigenvalue weighted by Gasteiger charge is 2.46. The van der Waals surface area contributed by atoms with Crippen molar-refractivity contribution in [2.75, 3.05) is 6.16 Å². The van der Waals surface area contributed by atoms with E-state index in [9.17, 15) is 17.8 Å². The van der Waals surface area contributed by atoms with E-state index >= 15 is 0 Å². The van der Waals surface area contributed by atoms with E-state index in [1.165, 1.54) is 28.0 Å². The van der Waals surface area contributed by atoms with E-state index in [1.54, 1.807) is 19.1 Å². The maximum Gasteiger partial charge on any atom is 0.168 e. The number of aryl methyl sites for hydroxylation is 1. The van der Waals surface area contributed by atoms with Crippen molar-refractivity contribution >= 4 is 39.1 Å². The number of rotatable bonds is 6. The third-order valence-corrected chi connectivity index (χ3v) is 10.7. The molecule has 4 nitrogen and oxygen atoms in total. The van der Waals surface area contributed by atoms with Crippen molar-refractivity contribution in [1.29, 1.82) is 0 Å². The summed E-state index contributed by atoms with van der Waals surface area (Å²) in [5, 5.41) is 3.77. The summed E-state index contributed by atoms with van der Waals surface area (Å²) in [5.74, 6) is 0.231. The Morgan fingerprint density at radius 2 is 1.03 bits per heavy atom. The minimum Gasteiger partial charge on any atom is -0.744 e. The molecule has 34 heavy (non-hydrogen) atoms. The maximum atomic E-state index is 12.2. The third-order valence-electron chi connectivity index (χ3n) is 5.36.